The SMILES string of the molecule is CSCC[C@@H](NC(=O)NC1(C(F)(F)F)CC1)C(=O)O. The first-order valence-corrected chi connectivity index (χ1v) is 6.98. The molecule has 0 unspecified atom stereocenters. The number of carboxylic acid groups (broad SMARTS) is 1. The molecule has 1 aliphatic rings. The van der Waals surface area contributed by atoms with Crippen molar-refractivity contribution in [2.75, 3.05) is 12.0 Å². The molecule has 0 spiro atoms. The second kappa shape index (κ2) is 5.89. The van der Waals surface area contributed by atoms with Crippen LogP contribution in [-0.4, -0.2) is 46.9 Å². The fourth-order valence-corrected chi connectivity index (χ4v) is 1.98. The molecule has 0 aliphatic heterocycles. The predicted octanol–water partition coefficient (Wildman–Crippen LogP) is 1.59. The Hall–Kier alpha value is -1.12. The first kappa shape index (κ1) is 15.9. The normalized spacial score (nSPS) is 18.5. The van der Waals surface area contributed by atoms with Crippen molar-refractivity contribution in [2.45, 2.75) is 37.0 Å². The van der Waals surface area contributed by atoms with E-state index < -0.39 is 29.8 Å². The van der Waals surface area contributed by atoms with E-state index in [1.807, 2.05) is 5.32 Å². The summed E-state index contributed by atoms with van der Waals surface area (Å²) in [6.45, 7) is 0. The van der Waals surface area contributed by atoms with Gasteiger partial charge in [-0.15, -0.1) is 0 Å². The summed E-state index contributed by atoms with van der Waals surface area (Å²) < 4.78 is 37.8. The van der Waals surface area contributed by atoms with Gasteiger partial charge in [-0.05, 0) is 31.3 Å². The number of nitrogens with one attached hydrogen (secondary N) is 2. The van der Waals surface area contributed by atoms with Crippen molar-refractivity contribution in [3.8, 4) is 0 Å². The molecule has 19 heavy (non-hydrogen) atoms. The summed E-state index contributed by atoms with van der Waals surface area (Å²) in [6.07, 6.45) is -2.94. The zero-order valence-electron chi connectivity index (χ0n) is 10.2. The number of hydrogen-bond donors (Lipinski definition) is 3. The van der Waals surface area contributed by atoms with Crippen molar-refractivity contribution in [3.05, 3.63) is 0 Å². The maximum absolute atomic E-state index is 12.6. The molecule has 0 bridgehead atoms. The highest BCUT2D eigenvalue weighted by Gasteiger charge is 2.64. The van der Waals surface area contributed by atoms with Crippen molar-refractivity contribution in [1.82, 2.24) is 10.6 Å². The van der Waals surface area contributed by atoms with Crippen LogP contribution in [0.2, 0.25) is 0 Å². The number of urea groups is 1. The maximum atomic E-state index is 12.6. The minimum absolute atomic E-state index is 0.156. The lowest BCUT2D eigenvalue weighted by Gasteiger charge is -2.22. The highest BCUT2D eigenvalue weighted by molar-refractivity contribution is 7.98. The van der Waals surface area contributed by atoms with Gasteiger partial charge in [-0.25, -0.2) is 9.59 Å². The predicted molar refractivity (Wildman–Crippen MR) is 64.1 cm³/mol. The number of amides is 2. The third kappa shape index (κ3) is 4.19. The van der Waals surface area contributed by atoms with Crippen LogP contribution in [-0.2, 0) is 4.79 Å². The van der Waals surface area contributed by atoms with Crippen LogP contribution in [0.1, 0.15) is 19.3 Å². The van der Waals surface area contributed by atoms with E-state index in [0.717, 1.165) is 0 Å². The molecule has 0 aromatic rings. The minimum Gasteiger partial charge on any atom is -0.480 e. The van der Waals surface area contributed by atoms with Crippen LogP contribution in [0.4, 0.5) is 18.0 Å². The highest BCUT2D eigenvalue weighted by Crippen LogP contribution is 2.48. The molecule has 0 aromatic heterocycles. The summed E-state index contributed by atoms with van der Waals surface area (Å²) in [7, 11) is 0. The standard InChI is InChI=1S/C10H15F3N2O3S/c1-19-5-2-6(7(16)17)14-8(18)15-9(3-4-9)10(11,12)13/h6H,2-5H2,1H3,(H,16,17)(H2,14,15,18)/t6-/m1/s1. The fourth-order valence-electron chi connectivity index (χ4n) is 1.51. The van der Waals surface area contributed by atoms with E-state index in [0.29, 0.717) is 5.75 Å². The van der Waals surface area contributed by atoms with E-state index in [1.165, 1.54) is 11.8 Å². The lowest BCUT2D eigenvalue weighted by Crippen LogP contribution is -2.54. The second-order valence-corrected chi connectivity index (χ2v) is 5.34. The van der Waals surface area contributed by atoms with Gasteiger partial charge in [0.15, 0.2) is 0 Å². The molecular formula is C10H15F3N2O3S. The van der Waals surface area contributed by atoms with Crippen molar-refractivity contribution < 1.29 is 27.9 Å². The van der Waals surface area contributed by atoms with E-state index in [4.69, 9.17) is 5.11 Å². The lowest BCUT2D eigenvalue weighted by molar-refractivity contribution is -0.162. The topological polar surface area (TPSA) is 78.4 Å². The number of carbonyl (C=O) groups excluding carboxylic acids is 1. The number of thioether (sulfide) groups is 1. The molecule has 0 aromatic carbocycles. The third-order valence-corrected chi connectivity index (χ3v) is 3.50. The quantitative estimate of drug-likeness (QED) is 0.696. The van der Waals surface area contributed by atoms with Gasteiger partial charge in [-0.3, -0.25) is 0 Å². The first-order chi connectivity index (χ1) is 8.72. The fraction of sp³-hybridized carbons (Fsp3) is 0.800. The van der Waals surface area contributed by atoms with E-state index in [1.54, 1.807) is 6.26 Å². The molecule has 1 saturated carbocycles. The summed E-state index contributed by atoms with van der Waals surface area (Å²) in [5, 5.41) is 12.7. The Bertz CT molecular complexity index is 358. The molecule has 2 amide bonds. The molecule has 5 nitrogen and oxygen atoms in total. The molecule has 1 aliphatic carbocycles. The average molecular weight is 300 g/mol. The van der Waals surface area contributed by atoms with Crippen LogP contribution in [0, 0.1) is 0 Å². The van der Waals surface area contributed by atoms with Crippen LogP contribution in [0.15, 0.2) is 0 Å². The second-order valence-electron chi connectivity index (χ2n) is 4.35. The Kier molecular flexibility index (Phi) is 4.94. The number of hydrogen-bond acceptors (Lipinski definition) is 3. The van der Waals surface area contributed by atoms with Crippen molar-refractivity contribution in [3.63, 3.8) is 0 Å². The molecule has 3 N–H and O–H groups in total. The zero-order valence-corrected chi connectivity index (χ0v) is 11.0. The smallest absolute Gasteiger partial charge is 0.411 e. The molecule has 1 fully saturated rings. The minimum atomic E-state index is -4.51. The van der Waals surface area contributed by atoms with Gasteiger partial charge in [0.05, 0.1) is 0 Å². The van der Waals surface area contributed by atoms with Gasteiger partial charge < -0.3 is 15.7 Å². The van der Waals surface area contributed by atoms with Gasteiger partial charge in [0.2, 0.25) is 0 Å². The van der Waals surface area contributed by atoms with Gasteiger partial charge in [0, 0.05) is 0 Å². The molecule has 1 rings (SSSR count). The van der Waals surface area contributed by atoms with Gasteiger partial charge >= 0.3 is 18.2 Å². The van der Waals surface area contributed by atoms with Gasteiger partial charge in [-0.1, -0.05) is 0 Å². The van der Waals surface area contributed by atoms with E-state index in [9.17, 15) is 22.8 Å². The number of aliphatic carboxylic acids is 1. The van der Waals surface area contributed by atoms with Crippen LogP contribution < -0.4 is 10.6 Å². The number of carbonyl (C=O) groups is 2. The average Bonchev–Trinajstić information content (AvgIpc) is 3.03. The largest absolute Gasteiger partial charge is 0.480 e. The molecular weight excluding hydrogens is 285 g/mol. The summed E-state index contributed by atoms with van der Waals surface area (Å²) in [4.78, 5) is 22.3. The van der Waals surface area contributed by atoms with Crippen LogP contribution in [0.5, 0.6) is 0 Å². The van der Waals surface area contributed by atoms with E-state index >= 15 is 0 Å². The maximum Gasteiger partial charge on any atom is 0.411 e. The molecule has 0 radical (unpaired) electrons. The first-order valence-electron chi connectivity index (χ1n) is 5.59. The molecule has 1 atom stereocenters. The molecule has 9 heteroatoms. The number of rotatable bonds is 6. The molecule has 0 saturated heterocycles. The Morgan fingerprint density at radius 3 is 2.37 bits per heavy atom. The third-order valence-electron chi connectivity index (χ3n) is 2.86. The summed E-state index contributed by atoms with van der Waals surface area (Å²) in [5.41, 5.74) is -2.18. The molecule has 110 valence electrons. The number of carboxylic acids is 1. The lowest BCUT2D eigenvalue weighted by atomic mass is 10.2. The number of alkyl halides is 3. The van der Waals surface area contributed by atoms with Crippen LogP contribution >= 0.6 is 11.8 Å². The molecule has 0 heterocycles. The van der Waals surface area contributed by atoms with Gasteiger partial charge in [-0.2, -0.15) is 24.9 Å². The number of halogens is 3. The van der Waals surface area contributed by atoms with Gasteiger partial charge in [0.1, 0.15) is 11.6 Å². The van der Waals surface area contributed by atoms with Gasteiger partial charge in [0.25, 0.3) is 0 Å². The Labute approximate surface area is 112 Å². The van der Waals surface area contributed by atoms with Crippen molar-refractivity contribution in [2.24, 2.45) is 0 Å². The van der Waals surface area contributed by atoms with Crippen LogP contribution in [0.25, 0.3) is 0 Å². The van der Waals surface area contributed by atoms with Crippen molar-refractivity contribution >= 4 is 23.8 Å². The summed E-state index contributed by atoms with van der Waals surface area (Å²) in [5.74, 6) is -0.775. The zero-order chi connectivity index (χ0) is 14.7. The highest BCUT2D eigenvalue weighted by atomic mass is 32.2. The van der Waals surface area contributed by atoms with Crippen molar-refractivity contribution in [1.29, 1.82) is 0 Å². The monoisotopic (exact) mass is 300 g/mol. The summed E-state index contributed by atoms with van der Waals surface area (Å²) >= 11 is 1.39. The van der Waals surface area contributed by atoms with Crippen LogP contribution in [0.3, 0.4) is 0 Å². The Morgan fingerprint density at radius 1 is 1.42 bits per heavy atom. The van der Waals surface area contributed by atoms with E-state index in [-0.39, 0.29) is 19.3 Å². The summed E-state index contributed by atoms with van der Waals surface area (Å²) in [6, 6.07) is -2.28. The Balaban J connectivity index is 2.52. The van der Waals surface area contributed by atoms with E-state index in [2.05, 4.69) is 5.32 Å². The Morgan fingerprint density at radius 2 is 2.00 bits per heavy atom.